The fourth-order valence-corrected chi connectivity index (χ4v) is 1.15. The molecule has 0 spiro atoms. The minimum absolute atomic E-state index is 0.774. The number of ether oxygens (including phenoxy) is 2. The number of methoxy groups -OCH3 is 1. The van der Waals surface area contributed by atoms with Crippen LogP contribution in [0.25, 0.3) is 0 Å². The van der Waals surface area contributed by atoms with Crippen LogP contribution < -0.4 is 14.8 Å². The third-order valence-electron chi connectivity index (χ3n) is 1.97. The normalized spacial score (nSPS) is 9.86. The molecule has 0 aliphatic rings. The zero-order valence-corrected chi connectivity index (χ0v) is 8.82. The van der Waals surface area contributed by atoms with Gasteiger partial charge in [0.05, 0.1) is 27.3 Å². The van der Waals surface area contributed by atoms with E-state index in [1.807, 2.05) is 24.3 Å². The molecular formula is C11H18NO2+. The van der Waals surface area contributed by atoms with E-state index < -0.39 is 0 Å². The van der Waals surface area contributed by atoms with Gasteiger partial charge in [-0.15, -0.1) is 0 Å². The van der Waals surface area contributed by atoms with Crippen LogP contribution in [0.1, 0.15) is 6.42 Å². The van der Waals surface area contributed by atoms with Crippen molar-refractivity contribution in [3.05, 3.63) is 24.3 Å². The van der Waals surface area contributed by atoms with Gasteiger partial charge in [0.25, 0.3) is 0 Å². The van der Waals surface area contributed by atoms with Crippen LogP contribution in [-0.4, -0.2) is 27.3 Å². The van der Waals surface area contributed by atoms with Crippen molar-refractivity contribution in [2.24, 2.45) is 0 Å². The van der Waals surface area contributed by atoms with Crippen molar-refractivity contribution in [3.63, 3.8) is 0 Å². The van der Waals surface area contributed by atoms with Gasteiger partial charge in [0.1, 0.15) is 11.5 Å². The highest BCUT2D eigenvalue weighted by Gasteiger charge is 1.94. The first-order chi connectivity index (χ1) is 6.86. The van der Waals surface area contributed by atoms with E-state index in [1.54, 1.807) is 7.11 Å². The molecule has 2 N–H and O–H groups in total. The molecule has 0 fully saturated rings. The minimum Gasteiger partial charge on any atom is -0.497 e. The highest BCUT2D eigenvalue weighted by molar-refractivity contribution is 5.30. The number of quaternary nitrogens is 1. The first kappa shape index (κ1) is 10.9. The monoisotopic (exact) mass is 196 g/mol. The molecule has 0 amide bonds. The van der Waals surface area contributed by atoms with Gasteiger partial charge in [0, 0.05) is 6.42 Å². The van der Waals surface area contributed by atoms with Crippen molar-refractivity contribution < 1.29 is 14.8 Å². The topological polar surface area (TPSA) is 35.1 Å². The highest BCUT2D eigenvalue weighted by atomic mass is 16.5. The van der Waals surface area contributed by atoms with Gasteiger partial charge in [-0.25, -0.2) is 0 Å². The SMILES string of the molecule is C[NH2+]CCCOc1ccc(OC)cc1. The summed E-state index contributed by atoms with van der Waals surface area (Å²) in [6, 6.07) is 7.66. The molecule has 0 aliphatic carbocycles. The number of hydrogen-bond acceptors (Lipinski definition) is 2. The van der Waals surface area contributed by atoms with Crippen LogP contribution >= 0.6 is 0 Å². The molecular weight excluding hydrogens is 178 g/mol. The summed E-state index contributed by atoms with van der Waals surface area (Å²) in [5.41, 5.74) is 0. The van der Waals surface area contributed by atoms with Gasteiger partial charge in [-0.1, -0.05) is 0 Å². The summed E-state index contributed by atoms with van der Waals surface area (Å²) >= 11 is 0. The van der Waals surface area contributed by atoms with E-state index in [-0.39, 0.29) is 0 Å². The van der Waals surface area contributed by atoms with E-state index in [1.165, 1.54) is 0 Å². The van der Waals surface area contributed by atoms with E-state index in [0.29, 0.717) is 0 Å². The van der Waals surface area contributed by atoms with Gasteiger partial charge in [-0.05, 0) is 24.3 Å². The van der Waals surface area contributed by atoms with Crippen molar-refractivity contribution in [1.82, 2.24) is 0 Å². The molecule has 1 aromatic carbocycles. The number of hydrogen-bond donors (Lipinski definition) is 1. The van der Waals surface area contributed by atoms with Gasteiger partial charge in [-0.2, -0.15) is 0 Å². The molecule has 0 atom stereocenters. The molecule has 0 saturated carbocycles. The molecule has 0 saturated heterocycles. The average molecular weight is 196 g/mol. The third-order valence-corrected chi connectivity index (χ3v) is 1.97. The first-order valence-electron chi connectivity index (χ1n) is 4.91. The zero-order chi connectivity index (χ0) is 10.2. The standard InChI is InChI=1S/C11H17NO2/c1-12-8-3-9-14-11-6-4-10(13-2)5-7-11/h4-7,12H,3,8-9H2,1-2H3/p+1. The predicted octanol–water partition coefficient (Wildman–Crippen LogP) is 0.657. The van der Waals surface area contributed by atoms with Crippen LogP contribution in [0.5, 0.6) is 11.5 Å². The zero-order valence-electron chi connectivity index (χ0n) is 8.82. The Morgan fingerprint density at radius 1 is 1.14 bits per heavy atom. The number of nitrogens with two attached hydrogens (primary N) is 1. The van der Waals surface area contributed by atoms with Gasteiger partial charge < -0.3 is 14.8 Å². The maximum absolute atomic E-state index is 5.53. The summed E-state index contributed by atoms with van der Waals surface area (Å²) in [5.74, 6) is 1.76. The van der Waals surface area contributed by atoms with Crippen molar-refractivity contribution in [2.45, 2.75) is 6.42 Å². The molecule has 0 unspecified atom stereocenters. The van der Waals surface area contributed by atoms with Crippen LogP contribution in [-0.2, 0) is 0 Å². The lowest BCUT2D eigenvalue weighted by Gasteiger charge is -2.05. The molecule has 0 bridgehead atoms. The van der Waals surface area contributed by atoms with Crippen LogP contribution in [0.3, 0.4) is 0 Å². The molecule has 0 aromatic heterocycles. The first-order valence-corrected chi connectivity index (χ1v) is 4.91. The van der Waals surface area contributed by atoms with E-state index in [4.69, 9.17) is 9.47 Å². The lowest BCUT2D eigenvalue weighted by Crippen LogP contribution is -2.79. The second-order valence-corrected chi connectivity index (χ2v) is 3.07. The third kappa shape index (κ3) is 3.66. The molecule has 3 nitrogen and oxygen atoms in total. The quantitative estimate of drug-likeness (QED) is 0.678. The molecule has 1 rings (SSSR count). The Kier molecular flexibility index (Phi) is 4.86. The minimum atomic E-state index is 0.774. The maximum atomic E-state index is 5.53. The number of benzene rings is 1. The Balaban J connectivity index is 2.29. The lowest BCUT2D eigenvalue weighted by atomic mass is 10.3. The molecule has 78 valence electrons. The Hall–Kier alpha value is -1.22. The van der Waals surface area contributed by atoms with Crippen LogP contribution in [0.2, 0.25) is 0 Å². The second-order valence-electron chi connectivity index (χ2n) is 3.07. The van der Waals surface area contributed by atoms with Gasteiger partial charge in [0.2, 0.25) is 0 Å². The van der Waals surface area contributed by atoms with E-state index >= 15 is 0 Å². The molecule has 3 heteroatoms. The van der Waals surface area contributed by atoms with Crippen molar-refractivity contribution in [3.8, 4) is 11.5 Å². The summed E-state index contributed by atoms with van der Waals surface area (Å²) in [5, 5.41) is 2.15. The smallest absolute Gasteiger partial charge is 0.119 e. The molecule has 14 heavy (non-hydrogen) atoms. The summed E-state index contributed by atoms with van der Waals surface area (Å²) < 4.78 is 10.6. The lowest BCUT2D eigenvalue weighted by molar-refractivity contribution is -0.627. The Morgan fingerprint density at radius 3 is 2.36 bits per heavy atom. The molecule has 0 heterocycles. The number of rotatable bonds is 6. The van der Waals surface area contributed by atoms with Gasteiger partial charge >= 0.3 is 0 Å². The van der Waals surface area contributed by atoms with E-state index in [9.17, 15) is 0 Å². The molecule has 0 radical (unpaired) electrons. The summed E-state index contributed by atoms with van der Waals surface area (Å²) in [6.07, 6.45) is 1.07. The fourth-order valence-electron chi connectivity index (χ4n) is 1.15. The van der Waals surface area contributed by atoms with Crippen LogP contribution in [0, 0.1) is 0 Å². The Labute approximate surface area is 85.0 Å². The average Bonchev–Trinajstić information content (AvgIpc) is 2.25. The summed E-state index contributed by atoms with van der Waals surface area (Å²) in [7, 11) is 3.72. The Morgan fingerprint density at radius 2 is 1.79 bits per heavy atom. The van der Waals surface area contributed by atoms with E-state index in [2.05, 4.69) is 12.4 Å². The van der Waals surface area contributed by atoms with Crippen molar-refractivity contribution in [1.29, 1.82) is 0 Å². The largest absolute Gasteiger partial charge is 0.497 e. The predicted molar refractivity (Wildman–Crippen MR) is 55.8 cm³/mol. The maximum Gasteiger partial charge on any atom is 0.119 e. The molecule has 1 aromatic rings. The highest BCUT2D eigenvalue weighted by Crippen LogP contribution is 2.16. The molecule has 0 aliphatic heterocycles. The summed E-state index contributed by atoms with van der Waals surface area (Å²) in [4.78, 5) is 0. The van der Waals surface area contributed by atoms with Crippen molar-refractivity contribution in [2.75, 3.05) is 27.3 Å². The van der Waals surface area contributed by atoms with Crippen LogP contribution in [0.15, 0.2) is 24.3 Å². The van der Waals surface area contributed by atoms with Crippen molar-refractivity contribution >= 4 is 0 Å². The van der Waals surface area contributed by atoms with E-state index in [0.717, 1.165) is 31.1 Å². The summed E-state index contributed by atoms with van der Waals surface area (Å²) in [6.45, 7) is 1.88. The fraction of sp³-hybridized carbons (Fsp3) is 0.455. The van der Waals surface area contributed by atoms with Gasteiger partial charge in [-0.3, -0.25) is 0 Å². The Bertz CT molecular complexity index is 246. The van der Waals surface area contributed by atoms with Gasteiger partial charge in [0.15, 0.2) is 0 Å². The van der Waals surface area contributed by atoms with Crippen LogP contribution in [0.4, 0.5) is 0 Å². The second kappa shape index (κ2) is 6.27.